The van der Waals surface area contributed by atoms with Crippen molar-refractivity contribution in [2.75, 3.05) is 46.9 Å². The van der Waals surface area contributed by atoms with Crippen LogP contribution in [0.2, 0.25) is 0 Å². The van der Waals surface area contributed by atoms with Crippen LogP contribution in [0.3, 0.4) is 0 Å². The molecule has 1 N–H and O–H groups in total. The van der Waals surface area contributed by atoms with Crippen molar-refractivity contribution in [1.29, 1.82) is 0 Å². The van der Waals surface area contributed by atoms with Crippen molar-refractivity contribution in [3.8, 4) is 11.5 Å². The average Bonchev–Trinajstić information content (AvgIpc) is 3.47. The molecule has 4 rings (SSSR count). The Balaban J connectivity index is 1.28. The van der Waals surface area contributed by atoms with E-state index in [1.807, 2.05) is 30.1 Å². The van der Waals surface area contributed by atoms with Gasteiger partial charge in [-0.1, -0.05) is 6.07 Å². The molecule has 1 aromatic carbocycles. The van der Waals surface area contributed by atoms with Crippen molar-refractivity contribution < 1.29 is 23.8 Å². The zero-order valence-corrected chi connectivity index (χ0v) is 17.8. The Labute approximate surface area is 177 Å². The number of methoxy groups -OCH3 is 1. The summed E-state index contributed by atoms with van der Waals surface area (Å²) in [6, 6.07) is 6.03. The number of fused-ring (bicyclic) bond motifs is 1. The van der Waals surface area contributed by atoms with Gasteiger partial charge in [-0.2, -0.15) is 0 Å². The highest BCUT2D eigenvalue weighted by atomic mass is 16.6. The molecule has 2 saturated heterocycles. The predicted octanol–water partition coefficient (Wildman–Crippen LogP) is 0.827. The number of carbonyl (C=O) groups is 2. The summed E-state index contributed by atoms with van der Waals surface area (Å²) in [7, 11) is 3.30. The van der Waals surface area contributed by atoms with Gasteiger partial charge in [0, 0.05) is 44.7 Å². The van der Waals surface area contributed by atoms with E-state index < -0.39 is 6.10 Å². The molecular weight excluding hydrogens is 386 g/mol. The highest BCUT2D eigenvalue weighted by molar-refractivity contribution is 5.79. The summed E-state index contributed by atoms with van der Waals surface area (Å²) in [6.45, 7) is 3.76. The fourth-order valence-corrected chi connectivity index (χ4v) is 4.67. The second-order valence-corrected chi connectivity index (χ2v) is 8.31. The van der Waals surface area contributed by atoms with Crippen molar-refractivity contribution in [2.45, 2.75) is 43.9 Å². The minimum absolute atomic E-state index is 0.0420. The quantitative estimate of drug-likeness (QED) is 0.658. The summed E-state index contributed by atoms with van der Waals surface area (Å²) < 4.78 is 16.6. The molecule has 8 nitrogen and oxygen atoms in total. The van der Waals surface area contributed by atoms with Crippen LogP contribution in [0, 0.1) is 0 Å². The number of hydrogen-bond acceptors (Lipinski definition) is 7. The summed E-state index contributed by atoms with van der Waals surface area (Å²) in [6.07, 6.45) is 3.03. The van der Waals surface area contributed by atoms with Crippen LogP contribution in [0.1, 0.15) is 24.8 Å². The monoisotopic (exact) mass is 417 g/mol. The lowest BCUT2D eigenvalue weighted by Crippen LogP contribution is -2.45. The second kappa shape index (κ2) is 9.22. The van der Waals surface area contributed by atoms with Gasteiger partial charge >= 0.3 is 5.97 Å². The largest absolute Gasteiger partial charge is 0.489 e. The van der Waals surface area contributed by atoms with E-state index in [0.29, 0.717) is 24.8 Å². The predicted molar refractivity (Wildman–Crippen MR) is 111 cm³/mol. The van der Waals surface area contributed by atoms with Crippen molar-refractivity contribution in [3.05, 3.63) is 23.8 Å². The Hall–Kier alpha value is -2.32. The minimum atomic E-state index is -0.578. The molecule has 1 unspecified atom stereocenters. The lowest BCUT2D eigenvalue weighted by atomic mass is 10.1. The Kier molecular flexibility index (Phi) is 6.43. The Morgan fingerprint density at radius 1 is 1.27 bits per heavy atom. The molecule has 2 fully saturated rings. The molecular formula is C22H31N3O5. The van der Waals surface area contributed by atoms with Crippen LogP contribution >= 0.6 is 0 Å². The van der Waals surface area contributed by atoms with E-state index in [2.05, 4.69) is 10.2 Å². The molecule has 0 aliphatic carbocycles. The summed E-state index contributed by atoms with van der Waals surface area (Å²) in [4.78, 5) is 28.7. The molecule has 3 aliphatic rings. The number of benzene rings is 1. The first kappa shape index (κ1) is 20.9. The molecule has 0 bridgehead atoms. The maximum atomic E-state index is 12.8. The number of amides is 1. The van der Waals surface area contributed by atoms with Crippen LogP contribution in [0.4, 0.5) is 0 Å². The fraction of sp³-hybridized carbons (Fsp3) is 0.636. The average molecular weight is 418 g/mol. The molecule has 164 valence electrons. The van der Waals surface area contributed by atoms with E-state index in [1.165, 1.54) is 7.11 Å². The Bertz CT molecular complexity index is 786. The third-order valence-corrected chi connectivity index (χ3v) is 6.21. The van der Waals surface area contributed by atoms with Crippen LogP contribution in [0.5, 0.6) is 11.5 Å². The Morgan fingerprint density at radius 3 is 2.93 bits per heavy atom. The van der Waals surface area contributed by atoms with Gasteiger partial charge < -0.3 is 24.4 Å². The summed E-state index contributed by atoms with van der Waals surface area (Å²) >= 11 is 0. The molecule has 0 spiro atoms. The zero-order chi connectivity index (χ0) is 21.1. The topological polar surface area (TPSA) is 80.3 Å². The molecule has 1 aromatic rings. The van der Waals surface area contributed by atoms with Gasteiger partial charge in [0.1, 0.15) is 17.6 Å². The lowest BCUT2D eigenvalue weighted by Gasteiger charge is -2.27. The summed E-state index contributed by atoms with van der Waals surface area (Å²) in [5, 5.41) is 3.19. The van der Waals surface area contributed by atoms with Gasteiger partial charge in [-0.25, -0.2) is 4.79 Å². The van der Waals surface area contributed by atoms with Crippen molar-refractivity contribution in [3.63, 3.8) is 0 Å². The van der Waals surface area contributed by atoms with E-state index in [9.17, 15) is 9.59 Å². The van der Waals surface area contributed by atoms with Crippen LogP contribution in [0.15, 0.2) is 18.2 Å². The molecule has 30 heavy (non-hydrogen) atoms. The maximum Gasteiger partial charge on any atom is 0.347 e. The van der Waals surface area contributed by atoms with E-state index in [0.717, 1.165) is 56.8 Å². The summed E-state index contributed by atoms with van der Waals surface area (Å²) in [5.41, 5.74) is 0.984. The number of carbonyl (C=O) groups excluding carboxylic acids is 2. The normalized spacial score (nSPS) is 25.8. The first-order valence-electron chi connectivity index (χ1n) is 10.8. The van der Waals surface area contributed by atoms with Crippen LogP contribution in [-0.2, 0) is 20.7 Å². The van der Waals surface area contributed by atoms with Gasteiger partial charge in [0.05, 0.1) is 13.7 Å². The maximum absolute atomic E-state index is 12.8. The smallest absolute Gasteiger partial charge is 0.347 e. The zero-order valence-electron chi connectivity index (χ0n) is 17.8. The fourth-order valence-electron chi connectivity index (χ4n) is 4.67. The number of likely N-dealkylation sites (tertiary alicyclic amines) is 2. The minimum Gasteiger partial charge on any atom is -0.489 e. The lowest BCUT2D eigenvalue weighted by molar-refractivity contribution is -0.147. The molecule has 0 aromatic heterocycles. The van der Waals surface area contributed by atoms with E-state index in [1.54, 1.807) is 0 Å². The van der Waals surface area contributed by atoms with Crippen molar-refractivity contribution >= 4 is 11.9 Å². The van der Waals surface area contributed by atoms with Gasteiger partial charge in [0.15, 0.2) is 6.10 Å². The molecule has 3 atom stereocenters. The van der Waals surface area contributed by atoms with E-state index >= 15 is 0 Å². The number of nitrogens with zero attached hydrogens (tertiary/aromatic N) is 2. The third kappa shape index (κ3) is 4.54. The second-order valence-electron chi connectivity index (χ2n) is 8.31. The van der Waals surface area contributed by atoms with Gasteiger partial charge in [0.25, 0.3) is 0 Å². The van der Waals surface area contributed by atoms with Crippen LogP contribution < -0.4 is 14.8 Å². The molecule has 3 aliphatic heterocycles. The van der Waals surface area contributed by atoms with E-state index in [-0.39, 0.29) is 18.0 Å². The van der Waals surface area contributed by atoms with Gasteiger partial charge in [0.2, 0.25) is 5.91 Å². The Morgan fingerprint density at radius 2 is 2.13 bits per heavy atom. The van der Waals surface area contributed by atoms with Crippen LogP contribution in [0.25, 0.3) is 0 Å². The number of hydrogen-bond donors (Lipinski definition) is 1. The number of esters is 1. The molecule has 1 amide bonds. The molecule has 3 heterocycles. The highest BCUT2D eigenvalue weighted by Crippen LogP contribution is 2.33. The van der Waals surface area contributed by atoms with Crippen molar-refractivity contribution in [2.24, 2.45) is 0 Å². The highest BCUT2D eigenvalue weighted by Gasteiger charge is 2.33. The SMILES string of the molecule is CNC[C@@H]1CCCN1C(=O)CN1CC[C@H](Oc2ccc3c(c2)OC(C(=O)OC)C3)C1. The third-order valence-electron chi connectivity index (χ3n) is 6.21. The number of likely N-dealkylation sites (N-methyl/N-ethyl adjacent to an activating group) is 1. The standard InChI is InChI=1S/C22H31N3O5/c1-23-12-16-4-3-8-25(16)21(26)14-24-9-7-18(13-24)29-17-6-5-15-10-20(22(27)28-2)30-19(15)11-17/h5-6,11,16,18,20,23H,3-4,7-10,12-14H2,1-2H3/t16-,18-,20?/m0/s1. The van der Waals surface area contributed by atoms with Gasteiger partial charge in [-0.05, 0) is 37.9 Å². The number of rotatable bonds is 7. The van der Waals surface area contributed by atoms with E-state index in [4.69, 9.17) is 14.2 Å². The number of ether oxygens (including phenoxy) is 3. The molecule has 0 saturated carbocycles. The van der Waals surface area contributed by atoms with Gasteiger partial charge in [-0.15, -0.1) is 0 Å². The summed E-state index contributed by atoms with van der Waals surface area (Å²) in [5.74, 6) is 1.26. The first-order chi connectivity index (χ1) is 14.6. The number of nitrogens with one attached hydrogen (secondary N) is 1. The van der Waals surface area contributed by atoms with Gasteiger partial charge in [-0.3, -0.25) is 9.69 Å². The van der Waals surface area contributed by atoms with Crippen LogP contribution in [-0.4, -0.2) is 86.8 Å². The molecule has 8 heteroatoms. The molecule has 0 radical (unpaired) electrons. The van der Waals surface area contributed by atoms with Crippen molar-refractivity contribution in [1.82, 2.24) is 15.1 Å². The first-order valence-corrected chi connectivity index (χ1v) is 10.8.